The van der Waals surface area contributed by atoms with Crippen LogP contribution in [-0.2, 0) is 13.0 Å². The maximum Gasteiger partial charge on any atom is 0.195 e. The Kier molecular flexibility index (Phi) is 2.82. The Morgan fingerprint density at radius 3 is 2.82 bits per heavy atom. The van der Waals surface area contributed by atoms with E-state index in [0.717, 1.165) is 30.0 Å². The van der Waals surface area contributed by atoms with Crippen LogP contribution in [0.5, 0.6) is 0 Å². The van der Waals surface area contributed by atoms with Crippen molar-refractivity contribution in [2.75, 3.05) is 0 Å². The molecule has 0 amide bonds. The van der Waals surface area contributed by atoms with Gasteiger partial charge in [-0.05, 0) is 25.6 Å². The molecule has 1 rings (SSSR count). The predicted octanol–water partition coefficient (Wildman–Crippen LogP) is 1.91. The Morgan fingerprint density at radius 2 is 2.27 bits per heavy atom. The van der Waals surface area contributed by atoms with Crippen LogP contribution in [-0.4, -0.2) is 14.8 Å². The van der Waals surface area contributed by atoms with E-state index in [1.807, 2.05) is 4.57 Å². The lowest BCUT2D eigenvalue weighted by Gasteiger charge is -1.99. The number of H-pyrrole nitrogens is 1. The molecule has 0 spiro atoms. The highest BCUT2D eigenvalue weighted by Crippen LogP contribution is 2.00. The average Bonchev–Trinajstić information content (AvgIpc) is 2.33. The van der Waals surface area contributed by atoms with E-state index < -0.39 is 0 Å². The maximum atomic E-state index is 5.03. The topological polar surface area (TPSA) is 33.6 Å². The molecule has 1 N–H and O–H groups in total. The Labute approximate surface area is 71.4 Å². The van der Waals surface area contributed by atoms with Crippen LogP contribution in [0.4, 0.5) is 0 Å². The number of nitrogens with zero attached hydrogens (tertiary/aromatic N) is 2. The molecule has 4 heteroatoms. The fraction of sp³-hybridized carbons (Fsp3) is 0.714. The predicted molar refractivity (Wildman–Crippen MR) is 47.1 cm³/mol. The smallest absolute Gasteiger partial charge is 0.195 e. The molecule has 0 aliphatic carbocycles. The number of aromatic amines is 1. The summed E-state index contributed by atoms with van der Waals surface area (Å²) in [6, 6.07) is 0. The molecular weight excluding hydrogens is 158 g/mol. The van der Waals surface area contributed by atoms with Crippen LogP contribution < -0.4 is 0 Å². The Balaban J connectivity index is 2.96. The first-order valence-corrected chi connectivity index (χ1v) is 4.34. The van der Waals surface area contributed by atoms with Gasteiger partial charge in [0.05, 0.1) is 0 Å². The van der Waals surface area contributed by atoms with Crippen LogP contribution >= 0.6 is 12.2 Å². The molecule has 0 fully saturated rings. The molecule has 0 bridgehead atoms. The maximum absolute atomic E-state index is 5.03. The quantitative estimate of drug-likeness (QED) is 0.705. The first-order chi connectivity index (χ1) is 5.29. The molecule has 1 aromatic rings. The van der Waals surface area contributed by atoms with Crippen molar-refractivity contribution in [2.45, 2.75) is 33.2 Å². The lowest BCUT2D eigenvalue weighted by molar-refractivity contribution is 0.677. The van der Waals surface area contributed by atoms with Gasteiger partial charge in [0.25, 0.3) is 0 Å². The fourth-order valence-electron chi connectivity index (χ4n) is 1.09. The zero-order chi connectivity index (χ0) is 8.27. The summed E-state index contributed by atoms with van der Waals surface area (Å²) >= 11 is 5.03. The summed E-state index contributed by atoms with van der Waals surface area (Å²) in [6.07, 6.45) is 2.11. The van der Waals surface area contributed by atoms with Crippen molar-refractivity contribution in [1.29, 1.82) is 0 Å². The lowest BCUT2D eigenvalue weighted by atomic mass is 10.3. The number of hydrogen-bond acceptors (Lipinski definition) is 2. The molecule has 3 nitrogen and oxygen atoms in total. The van der Waals surface area contributed by atoms with E-state index in [1.165, 1.54) is 0 Å². The summed E-state index contributed by atoms with van der Waals surface area (Å²) in [4.78, 5) is 0. The summed E-state index contributed by atoms with van der Waals surface area (Å²) in [7, 11) is 0. The van der Waals surface area contributed by atoms with Crippen molar-refractivity contribution in [1.82, 2.24) is 14.8 Å². The van der Waals surface area contributed by atoms with Crippen LogP contribution in [0.2, 0.25) is 0 Å². The zero-order valence-electron chi connectivity index (χ0n) is 6.92. The summed E-state index contributed by atoms with van der Waals surface area (Å²) in [5, 5.41) is 6.91. The highest BCUT2D eigenvalue weighted by Gasteiger charge is 2.00. The summed E-state index contributed by atoms with van der Waals surface area (Å²) in [6.45, 7) is 5.12. The minimum absolute atomic E-state index is 0.732. The summed E-state index contributed by atoms with van der Waals surface area (Å²) in [5.74, 6) is 1.07. The van der Waals surface area contributed by atoms with Gasteiger partial charge in [-0.1, -0.05) is 6.92 Å². The van der Waals surface area contributed by atoms with Crippen molar-refractivity contribution in [2.24, 2.45) is 0 Å². The number of aromatic nitrogens is 3. The van der Waals surface area contributed by atoms with Gasteiger partial charge in [0.2, 0.25) is 0 Å². The van der Waals surface area contributed by atoms with Crippen molar-refractivity contribution in [3.8, 4) is 0 Å². The van der Waals surface area contributed by atoms with E-state index in [4.69, 9.17) is 12.2 Å². The average molecular weight is 171 g/mol. The summed E-state index contributed by atoms with van der Waals surface area (Å²) in [5.41, 5.74) is 0. The second-order valence-corrected chi connectivity index (χ2v) is 2.83. The number of aryl methyl sites for hydroxylation is 1. The van der Waals surface area contributed by atoms with E-state index >= 15 is 0 Å². The van der Waals surface area contributed by atoms with Crippen LogP contribution in [0, 0.1) is 4.77 Å². The number of hydrogen-bond donors (Lipinski definition) is 1. The van der Waals surface area contributed by atoms with Gasteiger partial charge in [-0.15, -0.1) is 0 Å². The van der Waals surface area contributed by atoms with Crippen LogP contribution in [0.3, 0.4) is 0 Å². The van der Waals surface area contributed by atoms with Crippen LogP contribution in [0.25, 0.3) is 0 Å². The monoisotopic (exact) mass is 171 g/mol. The van der Waals surface area contributed by atoms with Gasteiger partial charge in [-0.3, -0.25) is 5.10 Å². The Bertz CT molecular complexity index is 273. The number of nitrogens with one attached hydrogen (secondary N) is 1. The van der Waals surface area contributed by atoms with Gasteiger partial charge in [0, 0.05) is 13.0 Å². The van der Waals surface area contributed by atoms with E-state index in [0.29, 0.717) is 0 Å². The minimum Gasteiger partial charge on any atom is -0.304 e. The van der Waals surface area contributed by atoms with E-state index in [1.54, 1.807) is 0 Å². The molecule has 0 unspecified atom stereocenters. The lowest BCUT2D eigenvalue weighted by Crippen LogP contribution is -2.01. The van der Waals surface area contributed by atoms with E-state index in [9.17, 15) is 0 Å². The molecular formula is C7H13N3S. The standard InChI is InChI=1S/C7H13N3S/c1-3-5-6-8-9-7(11)10(6)4-2/h3-5H2,1-2H3,(H,9,11). The van der Waals surface area contributed by atoms with Gasteiger partial charge >= 0.3 is 0 Å². The molecule has 0 radical (unpaired) electrons. The second kappa shape index (κ2) is 3.67. The van der Waals surface area contributed by atoms with Gasteiger partial charge < -0.3 is 4.57 Å². The highest BCUT2D eigenvalue weighted by molar-refractivity contribution is 7.71. The van der Waals surface area contributed by atoms with Gasteiger partial charge in [0.15, 0.2) is 4.77 Å². The molecule has 1 heterocycles. The molecule has 0 atom stereocenters. The SMILES string of the molecule is CCCc1n[nH]c(=S)n1CC. The van der Waals surface area contributed by atoms with Gasteiger partial charge in [0.1, 0.15) is 5.82 Å². The molecule has 0 aromatic carbocycles. The third-order valence-electron chi connectivity index (χ3n) is 1.63. The van der Waals surface area contributed by atoms with Crippen LogP contribution in [0.1, 0.15) is 26.1 Å². The first-order valence-electron chi connectivity index (χ1n) is 3.93. The van der Waals surface area contributed by atoms with E-state index in [-0.39, 0.29) is 0 Å². The molecule has 0 aliphatic rings. The van der Waals surface area contributed by atoms with E-state index in [2.05, 4.69) is 24.0 Å². The molecule has 1 aromatic heterocycles. The Hall–Kier alpha value is -0.640. The minimum atomic E-state index is 0.732. The molecule has 0 aliphatic heterocycles. The zero-order valence-corrected chi connectivity index (χ0v) is 7.74. The Morgan fingerprint density at radius 1 is 1.55 bits per heavy atom. The molecule has 0 saturated heterocycles. The molecule has 0 saturated carbocycles. The summed E-state index contributed by atoms with van der Waals surface area (Å²) < 4.78 is 2.76. The fourth-order valence-corrected chi connectivity index (χ4v) is 1.37. The second-order valence-electron chi connectivity index (χ2n) is 2.44. The third-order valence-corrected chi connectivity index (χ3v) is 1.94. The number of rotatable bonds is 3. The molecule has 62 valence electrons. The van der Waals surface area contributed by atoms with Crippen molar-refractivity contribution in [3.63, 3.8) is 0 Å². The van der Waals surface area contributed by atoms with Gasteiger partial charge in [-0.2, -0.15) is 5.10 Å². The highest BCUT2D eigenvalue weighted by atomic mass is 32.1. The van der Waals surface area contributed by atoms with Crippen molar-refractivity contribution in [3.05, 3.63) is 10.6 Å². The molecule has 11 heavy (non-hydrogen) atoms. The third kappa shape index (κ3) is 1.68. The largest absolute Gasteiger partial charge is 0.304 e. The van der Waals surface area contributed by atoms with Crippen molar-refractivity contribution >= 4 is 12.2 Å². The van der Waals surface area contributed by atoms with Crippen molar-refractivity contribution < 1.29 is 0 Å². The van der Waals surface area contributed by atoms with Crippen LogP contribution in [0.15, 0.2) is 0 Å². The normalized spacial score (nSPS) is 10.4. The first kappa shape index (κ1) is 8.46. The van der Waals surface area contributed by atoms with Gasteiger partial charge in [-0.25, -0.2) is 0 Å².